The molecule has 0 aliphatic carbocycles. The molecule has 4 nitrogen and oxygen atoms in total. The van der Waals surface area contributed by atoms with Gasteiger partial charge < -0.3 is 15.2 Å². The number of H-pyrrole nitrogens is 1. The Morgan fingerprint density at radius 3 is 2.47 bits per heavy atom. The summed E-state index contributed by atoms with van der Waals surface area (Å²) in [6.07, 6.45) is -2.07. The van der Waals surface area contributed by atoms with E-state index in [0.717, 1.165) is 67.8 Å². The predicted octanol–water partition coefficient (Wildman–Crippen LogP) is 4.96. The molecule has 160 valence electrons. The van der Waals surface area contributed by atoms with Gasteiger partial charge in [0.15, 0.2) is 0 Å². The van der Waals surface area contributed by atoms with Crippen molar-refractivity contribution >= 4 is 11.0 Å². The van der Waals surface area contributed by atoms with Crippen molar-refractivity contribution < 1.29 is 13.2 Å². The standard InChI is InChI=1S/C23H27F3N4/c1-15-13-18(16-7-10-30(11-8-16)12-9-27-2)14-20-21(15)29-22(28-20)17-3-5-19(6-4-17)23(24,25)26/h3-6,13-14,16,27H,7-12H2,1-2H3,(H,28,29). The van der Waals surface area contributed by atoms with E-state index in [4.69, 9.17) is 0 Å². The SMILES string of the molecule is CNCCN1CCC(c2cc(C)c3nc(-c4ccc(C(F)(F)F)cc4)[nH]c3c2)CC1. The smallest absolute Gasteiger partial charge is 0.338 e. The number of piperidine rings is 1. The Hall–Kier alpha value is -2.38. The minimum absolute atomic E-state index is 0.525. The lowest BCUT2D eigenvalue weighted by atomic mass is 9.88. The second kappa shape index (κ2) is 8.40. The van der Waals surface area contributed by atoms with Crippen LogP contribution in [0, 0.1) is 6.92 Å². The molecule has 0 radical (unpaired) electrons. The summed E-state index contributed by atoms with van der Waals surface area (Å²) in [6, 6.07) is 9.52. The number of likely N-dealkylation sites (N-methyl/N-ethyl adjacent to an activating group) is 1. The Bertz CT molecular complexity index is 1000. The van der Waals surface area contributed by atoms with Gasteiger partial charge in [0.25, 0.3) is 0 Å². The number of rotatable bonds is 5. The molecule has 30 heavy (non-hydrogen) atoms. The number of hydrogen-bond acceptors (Lipinski definition) is 3. The summed E-state index contributed by atoms with van der Waals surface area (Å²) in [5.41, 5.74) is 4.22. The summed E-state index contributed by atoms with van der Waals surface area (Å²) in [4.78, 5) is 10.5. The van der Waals surface area contributed by atoms with Crippen LogP contribution in [0.1, 0.15) is 35.4 Å². The van der Waals surface area contributed by atoms with Gasteiger partial charge in [0, 0.05) is 18.7 Å². The second-order valence-corrected chi connectivity index (χ2v) is 8.11. The van der Waals surface area contributed by atoms with E-state index in [9.17, 15) is 13.2 Å². The summed E-state index contributed by atoms with van der Waals surface area (Å²) in [5.74, 6) is 1.12. The molecule has 1 fully saturated rings. The summed E-state index contributed by atoms with van der Waals surface area (Å²) in [6.45, 7) is 6.34. The van der Waals surface area contributed by atoms with Gasteiger partial charge in [-0.15, -0.1) is 0 Å². The Kier molecular flexibility index (Phi) is 5.84. The van der Waals surface area contributed by atoms with Crippen LogP contribution in [0.4, 0.5) is 13.2 Å². The van der Waals surface area contributed by atoms with Crippen molar-refractivity contribution in [2.75, 3.05) is 33.2 Å². The fourth-order valence-corrected chi connectivity index (χ4v) is 4.27. The van der Waals surface area contributed by atoms with Gasteiger partial charge in [0.1, 0.15) is 5.82 Å². The van der Waals surface area contributed by atoms with Crippen molar-refractivity contribution in [3.8, 4) is 11.4 Å². The van der Waals surface area contributed by atoms with Crippen molar-refractivity contribution in [1.82, 2.24) is 20.2 Å². The molecule has 0 unspecified atom stereocenters. The van der Waals surface area contributed by atoms with Gasteiger partial charge in [-0.25, -0.2) is 4.98 Å². The van der Waals surface area contributed by atoms with Crippen LogP contribution in [0.25, 0.3) is 22.4 Å². The molecule has 2 N–H and O–H groups in total. The van der Waals surface area contributed by atoms with Crippen LogP contribution in [0.15, 0.2) is 36.4 Å². The highest BCUT2D eigenvalue weighted by Crippen LogP contribution is 2.33. The third kappa shape index (κ3) is 4.37. The Morgan fingerprint density at radius 1 is 1.13 bits per heavy atom. The number of aromatic nitrogens is 2. The number of fused-ring (bicyclic) bond motifs is 1. The quantitative estimate of drug-likeness (QED) is 0.618. The van der Waals surface area contributed by atoms with Crippen LogP contribution >= 0.6 is 0 Å². The molecule has 0 bridgehead atoms. The summed E-state index contributed by atoms with van der Waals surface area (Å²) < 4.78 is 38.5. The van der Waals surface area contributed by atoms with Crippen LogP contribution in [0.3, 0.4) is 0 Å². The van der Waals surface area contributed by atoms with Gasteiger partial charge in [-0.1, -0.05) is 18.2 Å². The Morgan fingerprint density at radius 2 is 1.83 bits per heavy atom. The van der Waals surface area contributed by atoms with Gasteiger partial charge in [-0.3, -0.25) is 0 Å². The van der Waals surface area contributed by atoms with E-state index in [0.29, 0.717) is 17.3 Å². The number of likely N-dealkylation sites (tertiary alicyclic amines) is 1. The monoisotopic (exact) mass is 416 g/mol. The van der Waals surface area contributed by atoms with Gasteiger partial charge in [-0.05, 0) is 75.1 Å². The van der Waals surface area contributed by atoms with Gasteiger partial charge in [0.2, 0.25) is 0 Å². The van der Waals surface area contributed by atoms with Crippen molar-refractivity contribution in [1.29, 1.82) is 0 Å². The maximum absolute atomic E-state index is 12.8. The second-order valence-electron chi connectivity index (χ2n) is 8.11. The highest BCUT2D eigenvalue weighted by atomic mass is 19.4. The number of alkyl halides is 3. The molecule has 0 spiro atoms. The highest BCUT2D eigenvalue weighted by Gasteiger charge is 2.30. The van der Waals surface area contributed by atoms with E-state index in [-0.39, 0.29) is 0 Å². The van der Waals surface area contributed by atoms with Crippen molar-refractivity contribution in [2.45, 2.75) is 31.9 Å². The number of imidazole rings is 1. The minimum Gasteiger partial charge on any atom is -0.338 e. The summed E-state index contributed by atoms with van der Waals surface area (Å²) >= 11 is 0. The lowest BCUT2D eigenvalue weighted by Gasteiger charge is -2.32. The van der Waals surface area contributed by atoms with Gasteiger partial charge in [-0.2, -0.15) is 13.2 Å². The first-order valence-corrected chi connectivity index (χ1v) is 10.4. The molecule has 3 aromatic rings. The zero-order valence-electron chi connectivity index (χ0n) is 17.3. The maximum atomic E-state index is 12.8. The molecule has 0 atom stereocenters. The van der Waals surface area contributed by atoms with Gasteiger partial charge >= 0.3 is 6.18 Å². The molecular weight excluding hydrogens is 389 g/mol. The molecule has 0 saturated carbocycles. The fourth-order valence-electron chi connectivity index (χ4n) is 4.27. The number of aromatic amines is 1. The molecule has 2 aromatic carbocycles. The van der Waals surface area contributed by atoms with Crippen LogP contribution in [-0.2, 0) is 6.18 Å². The number of aryl methyl sites for hydroxylation is 1. The average molecular weight is 416 g/mol. The highest BCUT2D eigenvalue weighted by molar-refractivity contribution is 5.83. The Labute approximate surface area is 174 Å². The molecule has 1 aliphatic heterocycles. The maximum Gasteiger partial charge on any atom is 0.416 e. The molecule has 1 saturated heterocycles. The molecule has 2 heterocycles. The van der Waals surface area contributed by atoms with Crippen molar-refractivity contribution in [2.24, 2.45) is 0 Å². The molecule has 4 rings (SSSR count). The molecule has 0 amide bonds. The summed E-state index contributed by atoms with van der Waals surface area (Å²) in [7, 11) is 1.98. The minimum atomic E-state index is -4.33. The van der Waals surface area contributed by atoms with Crippen LogP contribution < -0.4 is 5.32 Å². The van der Waals surface area contributed by atoms with Crippen molar-refractivity contribution in [3.05, 3.63) is 53.1 Å². The fraction of sp³-hybridized carbons (Fsp3) is 0.435. The molecule has 1 aliphatic rings. The van der Waals surface area contributed by atoms with E-state index in [2.05, 4.69) is 32.3 Å². The molecular formula is C23H27F3N4. The third-order valence-corrected chi connectivity index (χ3v) is 6.02. The average Bonchev–Trinajstić information content (AvgIpc) is 3.17. The van der Waals surface area contributed by atoms with Crippen molar-refractivity contribution in [3.63, 3.8) is 0 Å². The first kappa shape index (κ1) is 20.9. The number of nitrogens with one attached hydrogen (secondary N) is 2. The lowest BCUT2D eigenvalue weighted by molar-refractivity contribution is -0.137. The van der Waals surface area contributed by atoms with E-state index < -0.39 is 11.7 Å². The normalized spacial score (nSPS) is 16.4. The van der Waals surface area contributed by atoms with Crippen LogP contribution in [0.2, 0.25) is 0 Å². The molecule has 1 aromatic heterocycles. The lowest BCUT2D eigenvalue weighted by Crippen LogP contribution is -2.37. The summed E-state index contributed by atoms with van der Waals surface area (Å²) in [5, 5.41) is 3.20. The van der Waals surface area contributed by atoms with E-state index in [1.165, 1.54) is 17.7 Å². The first-order valence-electron chi connectivity index (χ1n) is 10.4. The molecule has 7 heteroatoms. The Balaban J connectivity index is 1.55. The van der Waals surface area contributed by atoms with E-state index in [1.54, 1.807) is 0 Å². The van der Waals surface area contributed by atoms with E-state index >= 15 is 0 Å². The first-order chi connectivity index (χ1) is 14.3. The van der Waals surface area contributed by atoms with Crippen LogP contribution in [0.5, 0.6) is 0 Å². The number of benzene rings is 2. The zero-order valence-corrected chi connectivity index (χ0v) is 17.3. The third-order valence-electron chi connectivity index (χ3n) is 6.02. The predicted molar refractivity (Wildman–Crippen MR) is 114 cm³/mol. The zero-order chi connectivity index (χ0) is 21.3. The number of hydrogen-bond donors (Lipinski definition) is 2. The van der Waals surface area contributed by atoms with Gasteiger partial charge in [0.05, 0.1) is 16.6 Å². The van der Waals surface area contributed by atoms with E-state index in [1.807, 2.05) is 14.0 Å². The number of nitrogens with zero attached hydrogens (tertiary/aromatic N) is 2. The number of halogens is 3. The largest absolute Gasteiger partial charge is 0.416 e. The van der Waals surface area contributed by atoms with Crippen LogP contribution in [-0.4, -0.2) is 48.1 Å². The topological polar surface area (TPSA) is 44.0 Å².